The Morgan fingerprint density at radius 2 is 1.71 bits per heavy atom. The van der Waals surface area contributed by atoms with E-state index in [1.54, 1.807) is 0 Å². The van der Waals surface area contributed by atoms with E-state index < -0.39 is 0 Å². The van der Waals surface area contributed by atoms with E-state index in [9.17, 15) is 0 Å². The second-order valence-corrected chi connectivity index (χ2v) is 5.49. The van der Waals surface area contributed by atoms with Crippen molar-refractivity contribution in [2.45, 2.75) is 46.5 Å². The predicted molar refractivity (Wildman–Crippen MR) is 73.6 cm³/mol. The van der Waals surface area contributed by atoms with E-state index in [0.717, 1.165) is 0 Å². The van der Waals surface area contributed by atoms with Crippen molar-refractivity contribution in [3.05, 3.63) is 29.0 Å². The van der Waals surface area contributed by atoms with Gasteiger partial charge in [0.05, 0.1) is 11.2 Å². The zero-order valence-corrected chi connectivity index (χ0v) is 11.7. The number of rotatable bonds is 2. The van der Waals surface area contributed by atoms with Crippen LogP contribution in [-0.4, -0.2) is 9.78 Å². The smallest absolute Gasteiger partial charge is 0.0728 e. The van der Waals surface area contributed by atoms with Gasteiger partial charge in [0.15, 0.2) is 0 Å². The number of nitrogens with zero attached hydrogens (tertiary/aromatic N) is 2. The van der Waals surface area contributed by atoms with Gasteiger partial charge in [-0.15, -0.1) is 0 Å². The third-order valence-corrected chi connectivity index (χ3v) is 3.50. The summed E-state index contributed by atoms with van der Waals surface area (Å²) in [6, 6.07) is 4.50. The minimum atomic E-state index is 0.475. The van der Waals surface area contributed by atoms with Crippen LogP contribution in [0.15, 0.2) is 12.1 Å². The fraction of sp³-hybridized carbons (Fsp3) is 0.533. The van der Waals surface area contributed by atoms with Crippen LogP contribution in [0.4, 0.5) is 0 Å². The van der Waals surface area contributed by atoms with E-state index in [1.165, 1.54) is 27.7 Å². The van der Waals surface area contributed by atoms with Crippen LogP contribution in [0, 0.1) is 6.92 Å². The molecule has 0 unspecified atom stereocenters. The van der Waals surface area contributed by atoms with Gasteiger partial charge in [-0.05, 0) is 29.9 Å². The Bertz CT molecular complexity index is 548. The SMILES string of the molecule is Cc1c(C(C)C)ccc2c(C(C)C)nn(C)c12. The molecule has 2 rings (SSSR count). The van der Waals surface area contributed by atoms with Gasteiger partial charge < -0.3 is 0 Å². The normalized spacial score (nSPS) is 12.0. The minimum absolute atomic E-state index is 0.475. The number of aromatic nitrogens is 2. The first-order chi connectivity index (χ1) is 7.93. The van der Waals surface area contributed by atoms with Gasteiger partial charge in [0.25, 0.3) is 0 Å². The third kappa shape index (κ3) is 1.86. The summed E-state index contributed by atoms with van der Waals surface area (Å²) >= 11 is 0. The Balaban J connectivity index is 2.79. The topological polar surface area (TPSA) is 17.8 Å². The van der Waals surface area contributed by atoms with E-state index in [4.69, 9.17) is 0 Å². The highest BCUT2D eigenvalue weighted by Gasteiger charge is 2.15. The fourth-order valence-corrected chi connectivity index (χ4v) is 2.66. The van der Waals surface area contributed by atoms with Crippen molar-refractivity contribution >= 4 is 10.9 Å². The zero-order valence-electron chi connectivity index (χ0n) is 11.7. The van der Waals surface area contributed by atoms with Crippen LogP contribution in [0.5, 0.6) is 0 Å². The molecule has 0 saturated heterocycles. The van der Waals surface area contributed by atoms with E-state index in [1.807, 2.05) is 11.7 Å². The average Bonchev–Trinajstić information content (AvgIpc) is 2.56. The molecule has 0 atom stereocenters. The molecule has 0 aliphatic heterocycles. The maximum absolute atomic E-state index is 4.67. The quantitative estimate of drug-likeness (QED) is 0.758. The Labute approximate surface area is 104 Å². The highest BCUT2D eigenvalue weighted by atomic mass is 15.3. The van der Waals surface area contributed by atoms with Crippen LogP contribution in [-0.2, 0) is 7.05 Å². The molecule has 0 saturated carbocycles. The molecule has 0 bridgehead atoms. The van der Waals surface area contributed by atoms with E-state index in [-0.39, 0.29) is 0 Å². The van der Waals surface area contributed by atoms with Gasteiger partial charge in [0.2, 0.25) is 0 Å². The van der Waals surface area contributed by atoms with Crippen molar-refractivity contribution in [2.24, 2.45) is 7.05 Å². The van der Waals surface area contributed by atoms with Gasteiger partial charge in [0.1, 0.15) is 0 Å². The molecule has 1 aromatic carbocycles. The van der Waals surface area contributed by atoms with E-state index in [0.29, 0.717) is 11.8 Å². The van der Waals surface area contributed by atoms with Crippen LogP contribution in [0.25, 0.3) is 10.9 Å². The van der Waals surface area contributed by atoms with Crippen molar-refractivity contribution in [2.75, 3.05) is 0 Å². The molecule has 2 heteroatoms. The van der Waals surface area contributed by atoms with Crippen molar-refractivity contribution in [3.63, 3.8) is 0 Å². The summed E-state index contributed by atoms with van der Waals surface area (Å²) in [6.45, 7) is 11.1. The zero-order chi connectivity index (χ0) is 12.7. The lowest BCUT2D eigenvalue weighted by Crippen LogP contribution is -1.97. The molecule has 0 aliphatic carbocycles. The minimum Gasteiger partial charge on any atom is -0.267 e. The lowest BCUT2D eigenvalue weighted by Gasteiger charge is -2.11. The van der Waals surface area contributed by atoms with Crippen molar-refractivity contribution in [1.82, 2.24) is 9.78 Å². The summed E-state index contributed by atoms with van der Waals surface area (Å²) in [4.78, 5) is 0. The number of hydrogen-bond donors (Lipinski definition) is 0. The second kappa shape index (κ2) is 4.17. The number of fused-ring (bicyclic) bond motifs is 1. The lowest BCUT2D eigenvalue weighted by molar-refractivity contribution is 0.727. The van der Waals surface area contributed by atoms with Gasteiger partial charge in [-0.25, -0.2) is 0 Å². The van der Waals surface area contributed by atoms with Crippen LogP contribution >= 0.6 is 0 Å². The highest BCUT2D eigenvalue weighted by Crippen LogP contribution is 2.31. The fourth-order valence-electron chi connectivity index (χ4n) is 2.66. The molecule has 0 radical (unpaired) electrons. The summed E-state index contributed by atoms with van der Waals surface area (Å²) in [5.74, 6) is 1.04. The third-order valence-electron chi connectivity index (χ3n) is 3.50. The van der Waals surface area contributed by atoms with Crippen molar-refractivity contribution < 1.29 is 0 Å². The Hall–Kier alpha value is -1.31. The summed E-state index contributed by atoms with van der Waals surface area (Å²) in [5, 5.41) is 5.98. The molecule has 0 N–H and O–H groups in total. The second-order valence-electron chi connectivity index (χ2n) is 5.49. The van der Waals surface area contributed by atoms with Crippen LogP contribution < -0.4 is 0 Å². The maximum atomic E-state index is 4.67. The molecule has 2 nitrogen and oxygen atoms in total. The van der Waals surface area contributed by atoms with Gasteiger partial charge in [0, 0.05) is 12.4 Å². The molecule has 92 valence electrons. The van der Waals surface area contributed by atoms with Crippen LogP contribution in [0.1, 0.15) is 56.4 Å². The maximum Gasteiger partial charge on any atom is 0.0728 e. The molecule has 0 amide bonds. The Morgan fingerprint density at radius 3 is 2.24 bits per heavy atom. The van der Waals surface area contributed by atoms with Crippen molar-refractivity contribution in [3.8, 4) is 0 Å². The standard InChI is InChI=1S/C15H22N2/c1-9(2)12-7-8-13-14(10(3)4)16-17(6)15(13)11(12)5/h7-10H,1-6H3. The number of benzene rings is 1. The highest BCUT2D eigenvalue weighted by molar-refractivity contribution is 5.86. The molecule has 1 aromatic heterocycles. The van der Waals surface area contributed by atoms with Crippen molar-refractivity contribution in [1.29, 1.82) is 0 Å². The molecule has 0 spiro atoms. The summed E-state index contributed by atoms with van der Waals surface area (Å²) in [5.41, 5.74) is 5.30. The molecular formula is C15H22N2. The van der Waals surface area contributed by atoms with Crippen LogP contribution in [0.2, 0.25) is 0 Å². The molecule has 0 aliphatic rings. The average molecular weight is 230 g/mol. The van der Waals surface area contributed by atoms with Gasteiger partial charge >= 0.3 is 0 Å². The molecule has 2 aromatic rings. The van der Waals surface area contributed by atoms with Gasteiger partial charge in [-0.3, -0.25) is 4.68 Å². The van der Waals surface area contributed by atoms with E-state index >= 15 is 0 Å². The summed E-state index contributed by atoms with van der Waals surface area (Å²) in [6.07, 6.45) is 0. The number of hydrogen-bond acceptors (Lipinski definition) is 1. The van der Waals surface area contributed by atoms with Gasteiger partial charge in [-0.2, -0.15) is 5.10 Å². The largest absolute Gasteiger partial charge is 0.267 e. The molecule has 1 heterocycles. The first-order valence-corrected chi connectivity index (χ1v) is 6.39. The first kappa shape index (κ1) is 12.2. The van der Waals surface area contributed by atoms with Crippen LogP contribution in [0.3, 0.4) is 0 Å². The monoisotopic (exact) mass is 230 g/mol. The molecular weight excluding hydrogens is 208 g/mol. The Kier molecular flexibility index (Phi) is 2.98. The number of aryl methyl sites for hydroxylation is 2. The first-order valence-electron chi connectivity index (χ1n) is 6.39. The summed E-state index contributed by atoms with van der Waals surface area (Å²) in [7, 11) is 2.05. The molecule has 0 fully saturated rings. The lowest BCUT2D eigenvalue weighted by atomic mass is 9.94. The predicted octanol–water partition coefficient (Wildman–Crippen LogP) is 4.13. The Morgan fingerprint density at radius 1 is 1.06 bits per heavy atom. The summed E-state index contributed by atoms with van der Waals surface area (Å²) < 4.78 is 2.03. The molecule has 17 heavy (non-hydrogen) atoms. The van der Waals surface area contributed by atoms with Gasteiger partial charge in [-0.1, -0.05) is 39.8 Å². The van der Waals surface area contributed by atoms with E-state index in [2.05, 4.69) is 51.9 Å².